The average molecular weight is 214 g/mol. The van der Waals surface area contributed by atoms with Crippen LogP contribution in [0.25, 0.3) is 0 Å². The lowest BCUT2D eigenvalue weighted by Gasteiger charge is -2.00. The Morgan fingerprint density at radius 1 is 1.33 bits per heavy atom. The van der Waals surface area contributed by atoms with Crippen LogP contribution in [-0.2, 0) is 9.68 Å². The molecule has 0 saturated carbocycles. The summed E-state index contributed by atoms with van der Waals surface area (Å²) in [5.74, 6) is -0.450. The van der Waals surface area contributed by atoms with E-state index in [1.165, 1.54) is 0 Å². The maximum absolute atomic E-state index is 9.12. The van der Waals surface area contributed by atoms with E-state index in [2.05, 4.69) is 0 Å². The number of benzene rings is 1. The molecule has 84 valence electrons. The zero-order valence-corrected chi connectivity index (χ0v) is 8.42. The van der Waals surface area contributed by atoms with Crippen molar-refractivity contribution in [1.82, 2.24) is 0 Å². The topological polar surface area (TPSA) is 76.0 Å². The van der Waals surface area contributed by atoms with Gasteiger partial charge in [-0.2, -0.15) is 4.89 Å². The first-order valence-electron chi connectivity index (χ1n) is 4.37. The Kier molecular flexibility index (Phi) is 8.03. The molecular weight excluding hydrogens is 200 g/mol. The first kappa shape index (κ1) is 13.4. The zero-order chi connectivity index (χ0) is 11.5. The van der Waals surface area contributed by atoms with Crippen molar-refractivity contribution >= 4 is 5.97 Å². The van der Waals surface area contributed by atoms with Gasteiger partial charge in [-0.15, -0.1) is 0 Å². The number of carbonyl (C=O) groups is 1. The number of hydrogen-bond acceptors (Lipinski definition) is 4. The molecule has 15 heavy (non-hydrogen) atoms. The summed E-state index contributed by atoms with van der Waals surface area (Å²) in [4.78, 5) is 18.7. The highest BCUT2D eigenvalue weighted by Crippen LogP contribution is 2.07. The third kappa shape index (κ3) is 8.73. The molecule has 0 aliphatic carbocycles. The second kappa shape index (κ2) is 8.98. The van der Waals surface area contributed by atoms with E-state index in [0.29, 0.717) is 6.61 Å². The number of aliphatic hydroxyl groups is 1. The summed E-state index contributed by atoms with van der Waals surface area (Å²) < 4.78 is 0. The van der Waals surface area contributed by atoms with Crippen LogP contribution in [0.15, 0.2) is 30.3 Å². The molecule has 0 unspecified atom stereocenters. The van der Waals surface area contributed by atoms with E-state index in [1.54, 1.807) is 0 Å². The molecule has 0 spiro atoms. The second-order valence-corrected chi connectivity index (χ2v) is 2.35. The lowest BCUT2D eigenvalue weighted by molar-refractivity contribution is -0.202. The quantitative estimate of drug-likeness (QED) is 0.579. The van der Waals surface area contributed by atoms with Gasteiger partial charge in [0.2, 0.25) is 0 Å². The fourth-order valence-electron chi connectivity index (χ4n) is 0.603. The summed E-state index contributed by atoms with van der Waals surface area (Å²) in [6, 6.07) is 9.41. The predicted molar refractivity (Wildman–Crippen MR) is 53.4 cm³/mol. The van der Waals surface area contributed by atoms with Crippen molar-refractivity contribution in [1.29, 1.82) is 0 Å². The minimum atomic E-state index is -1.19. The Balaban J connectivity index is 0.000000336. The largest absolute Gasteiger partial charge is 0.480 e. The summed E-state index contributed by atoms with van der Waals surface area (Å²) in [5, 5.41) is 15.0. The minimum Gasteiger partial charge on any atom is -0.480 e. The van der Waals surface area contributed by atoms with Gasteiger partial charge in [-0.3, -0.25) is 0 Å². The van der Waals surface area contributed by atoms with Crippen molar-refractivity contribution in [2.24, 2.45) is 0 Å². The van der Waals surface area contributed by atoms with E-state index in [-0.39, 0.29) is 0 Å². The van der Waals surface area contributed by atoms with E-state index in [4.69, 9.17) is 24.8 Å². The molecule has 1 aromatic rings. The van der Waals surface area contributed by atoms with E-state index < -0.39 is 12.6 Å². The Morgan fingerprint density at radius 3 is 2.27 bits per heavy atom. The molecule has 0 aliphatic rings. The van der Waals surface area contributed by atoms with Gasteiger partial charge in [0.15, 0.2) is 5.75 Å². The number of hydrogen-bond donors (Lipinski definition) is 2. The minimum absolute atomic E-state index is 0.564. The Hall–Kier alpha value is -1.59. The summed E-state index contributed by atoms with van der Waals surface area (Å²) in [6.45, 7) is 1.66. The summed E-state index contributed by atoms with van der Waals surface area (Å²) in [7, 11) is 0. The number of rotatable bonds is 4. The lowest BCUT2D eigenvalue weighted by Crippen LogP contribution is -1.98. The van der Waals surface area contributed by atoms with Gasteiger partial charge in [-0.05, 0) is 19.1 Å². The van der Waals surface area contributed by atoms with Crippen molar-refractivity contribution in [3.8, 4) is 5.75 Å². The van der Waals surface area contributed by atoms with Crippen LogP contribution in [0.4, 0.5) is 0 Å². The van der Waals surface area contributed by atoms with Gasteiger partial charge < -0.3 is 15.1 Å². The smallest absolute Gasteiger partial charge is 0.329 e. The van der Waals surface area contributed by atoms with Gasteiger partial charge in [-0.1, -0.05) is 18.2 Å². The molecular formula is C10H14O5. The van der Waals surface area contributed by atoms with Crippen LogP contribution in [-0.4, -0.2) is 29.4 Å². The maximum atomic E-state index is 9.12. The summed E-state index contributed by atoms with van der Waals surface area (Å²) in [6.07, 6.45) is 0. The van der Waals surface area contributed by atoms with Gasteiger partial charge in [0.1, 0.15) is 6.61 Å². The second-order valence-electron chi connectivity index (χ2n) is 2.35. The van der Waals surface area contributed by atoms with Crippen LogP contribution in [0, 0.1) is 0 Å². The van der Waals surface area contributed by atoms with Crippen LogP contribution in [0.3, 0.4) is 0 Å². The van der Waals surface area contributed by atoms with Crippen LogP contribution < -0.4 is 4.89 Å². The van der Waals surface area contributed by atoms with Crippen molar-refractivity contribution in [3.63, 3.8) is 0 Å². The number of aliphatic hydroxyl groups excluding tert-OH is 1. The molecule has 0 fully saturated rings. The van der Waals surface area contributed by atoms with Gasteiger partial charge in [0.05, 0.1) is 6.61 Å². The number of aliphatic carboxylic acids is 1. The first-order valence-corrected chi connectivity index (χ1v) is 4.37. The molecule has 2 N–H and O–H groups in total. The molecule has 0 aromatic heterocycles. The lowest BCUT2D eigenvalue weighted by atomic mass is 10.3. The highest BCUT2D eigenvalue weighted by atomic mass is 17.2. The molecule has 1 aromatic carbocycles. The number of para-hydroxylation sites is 1. The van der Waals surface area contributed by atoms with Crippen LogP contribution >= 0.6 is 0 Å². The van der Waals surface area contributed by atoms with Gasteiger partial charge in [0, 0.05) is 0 Å². The Bertz CT molecular complexity index is 260. The monoisotopic (exact) mass is 214 g/mol. The summed E-state index contributed by atoms with van der Waals surface area (Å²) >= 11 is 0. The third-order valence-electron chi connectivity index (χ3n) is 1.15. The van der Waals surface area contributed by atoms with E-state index >= 15 is 0 Å². The van der Waals surface area contributed by atoms with E-state index in [1.807, 2.05) is 37.3 Å². The predicted octanol–water partition coefficient (Wildman–Crippen LogP) is 1.08. The summed E-state index contributed by atoms with van der Waals surface area (Å²) in [5.41, 5.74) is 0. The Morgan fingerprint density at radius 2 is 1.87 bits per heavy atom. The molecule has 0 radical (unpaired) electrons. The molecule has 0 saturated heterocycles. The van der Waals surface area contributed by atoms with Crippen LogP contribution in [0.2, 0.25) is 0 Å². The molecule has 0 aliphatic heterocycles. The van der Waals surface area contributed by atoms with Crippen molar-refractivity contribution in [2.45, 2.75) is 6.92 Å². The highest BCUT2D eigenvalue weighted by molar-refractivity contribution is 5.67. The van der Waals surface area contributed by atoms with Gasteiger partial charge in [0.25, 0.3) is 0 Å². The molecule has 0 atom stereocenters. The van der Waals surface area contributed by atoms with E-state index in [9.17, 15) is 0 Å². The van der Waals surface area contributed by atoms with Crippen molar-refractivity contribution < 1.29 is 24.8 Å². The molecule has 0 heterocycles. The average Bonchev–Trinajstić information content (AvgIpc) is 2.28. The molecule has 1 rings (SSSR count). The zero-order valence-electron chi connectivity index (χ0n) is 8.42. The third-order valence-corrected chi connectivity index (χ3v) is 1.15. The van der Waals surface area contributed by atoms with Gasteiger partial charge >= 0.3 is 5.97 Å². The fourth-order valence-corrected chi connectivity index (χ4v) is 0.603. The van der Waals surface area contributed by atoms with Crippen LogP contribution in [0.5, 0.6) is 5.75 Å². The number of carboxylic acid groups (broad SMARTS) is 1. The standard InChI is InChI=1S/C8H10O2.C2H4O3/c1-2-9-10-8-6-4-3-5-7-8;3-1-2(4)5/h3-7H,2H2,1H3;3H,1H2,(H,4,5). The fraction of sp³-hybridized carbons (Fsp3) is 0.300. The van der Waals surface area contributed by atoms with Crippen molar-refractivity contribution in [3.05, 3.63) is 30.3 Å². The highest BCUT2D eigenvalue weighted by Gasteiger charge is 1.87. The molecule has 5 nitrogen and oxygen atoms in total. The molecule has 0 amide bonds. The maximum Gasteiger partial charge on any atom is 0.329 e. The number of carboxylic acids is 1. The van der Waals surface area contributed by atoms with Crippen LogP contribution in [0.1, 0.15) is 6.92 Å². The normalized spacial score (nSPS) is 8.67. The van der Waals surface area contributed by atoms with Crippen molar-refractivity contribution in [2.75, 3.05) is 13.2 Å². The molecule has 5 heteroatoms. The molecule has 0 bridgehead atoms. The SMILES string of the molecule is CCOOc1ccccc1.O=C(O)CO. The first-order chi connectivity index (χ1) is 7.20. The Labute approximate surface area is 87.8 Å². The van der Waals surface area contributed by atoms with E-state index in [0.717, 1.165) is 5.75 Å². The van der Waals surface area contributed by atoms with Gasteiger partial charge in [-0.25, -0.2) is 4.79 Å².